The van der Waals surface area contributed by atoms with Crippen LogP contribution in [0.15, 0.2) is 0 Å². The minimum absolute atomic E-state index is 0.00841. The minimum atomic E-state index is -2.68. The van der Waals surface area contributed by atoms with Crippen LogP contribution in [0.3, 0.4) is 0 Å². The third-order valence-electron chi connectivity index (χ3n) is 8.83. The van der Waals surface area contributed by atoms with E-state index in [4.69, 9.17) is 16.9 Å². The second-order valence-corrected chi connectivity index (χ2v) is 11.3. The molecule has 198 valence electrons. The Morgan fingerprint density at radius 3 is 2.49 bits per heavy atom. The Kier molecular flexibility index (Phi) is 8.30. The maximum atomic E-state index is 13.7. The van der Waals surface area contributed by atoms with Gasteiger partial charge in [0.25, 0.3) is 5.92 Å². The molecule has 0 spiro atoms. The predicted octanol–water partition coefficient (Wildman–Crippen LogP) is 2.06. The number of fused-ring (bicyclic) bond motifs is 1. The molecule has 0 aromatic heterocycles. The number of alkyl halides is 2. The number of rotatable bonds is 7. The highest BCUT2D eigenvalue weighted by Gasteiger charge is 2.49. The van der Waals surface area contributed by atoms with Gasteiger partial charge in [-0.2, -0.15) is 0 Å². The van der Waals surface area contributed by atoms with Crippen molar-refractivity contribution >= 4 is 17.6 Å². The molecule has 6 atom stereocenters. The lowest BCUT2D eigenvalue weighted by Gasteiger charge is -2.41. The molecule has 35 heavy (non-hydrogen) atoms. The average Bonchev–Trinajstić information content (AvgIpc) is 3.16. The summed E-state index contributed by atoms with van der Waals surface area (Å²) >= 11 is 0. The van der Waals surface area contributed by atoms with Gasteiger partial charge in [-0.3, -0.25) is 19.9 Å². The molecule has 0 aromatic rings. The van der Waals surface area contributed by atoms with E-state index in [9.17, 15) is 18.4 Å². The van der Waals surface area contributed by atoms with Crippen molar-refractivity contribution in [2.45, 2.75) is 94.7 Å². The Labute approximate surface area is 207 Å². The third-order valence-corrected chi connectivity index (χ3v) is 8.83. The van der Waals surface area contributed by atoms with Crippen molar-refractivity contribution in [2.24, 2.45) is 29.2 Å². The number of hydrogen-bond donors (Lipinski definition) is 4. The van der Waals surface area contributed by atoms with Gasteiger partial charge in [0.1, 0.15) is 0 Å². The highest BCUT2D eigenvalue weighted by atomic mass is 19.3. The van der Waals surface area contributed by atoms with Gasteiger partial charge in [-0.1, -0.05) is 6.42 Å². The number of amidine groups is 1. The molecule has 0 aromatic carbocycles. The molecule has 2 saturated carbocycles. The SMILES string of the molecule is N=C(N)C1CCC2CC(C(=O)N3CCC(F)(F)CC3)N(CC3CCCC(NC(=O)CCN)C3)C2C1. The number of piperidine rings is 1. The van der Waals surface area contributed by atoms with Crippen molar-refractivity contribution in [3.63, 3.8) is 0 Å². The van der Waals surface area contributed by atoms with Gasteiger partial charge in [0.15, 0.2) is 0 Å². The quantitative estimate of drug-likeness (QED) is 0.317. The topological polar surface area (TPSA) is 129 Å². The first-order valence-corrected chi connectivity index (χ1v) is 13.4. The largest absolute Gasteiger partial charge is 0.387 e. The summed E-state index contributed by atoms with van der Waals surface area (Å²) in [5, 5.41) is 11.1. The number of halogens is 2. The molecule has 10 heteroatoms. The van der Waals surface area contributed by atoms with Gasteiger partial charge in [-0.05, 0) is 56.8 Å². The maximum absolute atomic E-state index is 13.7. The number of carbonyl (C=O) groups is 2. The van der Waals surface area contributed by atoms with E-state index in [1.165, 1.54) is 0 Å². The maximum Gasteiger partial charge on any atom is 0.251 e. The summed E-state index contributed by atoms with van der Waals surface area (Å²) in [4.78, 5) is 29.7. The van der Waals surface area contributed by atoms with Gasteiger partial charge in [0.05, 0.1) is 11.9 Å². The van der Waals surface area contributed by atoms with Crippen molar-refractivity contribution in [1.82, 2.24) is 15.1 Å². The number of nitrogens with zero attached hydrogens (tertiary/aromatic N) is 2. The summed E-state index contributed by atoms with van der Waals surface area (Å²) in [6.07, 6.45) is 7.04. The Balaban J connectivity index is 1.46. The van der Waals surface area contributed by atoms with Crippen LogP contribution < -0.4 is 16.8 Å². The summed E-state index contributed by atoms with van der Waals surface area (Å²) < 4.78 is 27.4. The number of carbonyl (C=O) groups excluding carboxylic acids is 2. The van der Waals surface area contributed by atoms with E-state index in [0.717, 1.165) is 57.9 Å². The minimum Gasteiger partial charge on any atom is -0.387 e. The highest BCUT2D eigenvalue weighted by molar-refractivity contribution is 5.83. The number of amides is 2. The summed E-state index contributed by atoms with van der Waals surface area (Å²) in [6, 6.07) is 0.0145. The molecule has 2 heterocycles. The van der Waals surface area contributed by atoms with Gasteiger partial charge in [-0.15, -0.1) is 0 Å². The summed E-state index contributed by atoms with van der Waals surface area (Å²) in [5.41, 5.74) is 11.4. The smallest absolute Gasteiger partial charge is 0.251 e. The molecule has 0 radical (unpaired) electrons. The monoisotopic (exact) mass is 496 g/mol. The molecule has 4 aliphatic rings. The third kappa shape index (κ3) is 6.31. The van der Waals surface area contributed by atoms with Crippen molar-refractivity contribution in [3.05, 3.63) is 0 Å². The first-order valence-electron chi connectivity index (χ1n) is 13.4. The van der Waals surface area contributed by atoms with E-state index in [1.807, 2.05) is 0 Å². The van der Waals surface area contributed by atoms with Crippen LogP contribution >= 0.6 is 0 Å². The molecule has 2 saturated heterocycles. The van der Waals surface area contributed by atoms with Crippen molar-refractivity contribution in [2.75, 3.05) is 26.2 Å². The van der Waals surface area contributed by atoms with Crippen LogP contribution in [0.5, 0.6) is 0 Å². The Morgan fingerprint density at radius 2 is 1.80 bits per heavy atom. The zero-order chi connectivity index (χ0) is 25.2. The van der Waals surface area contributed by atoms with Crippen LogP contribution in [-0.2, 0) is 9.59 Å². The summed E-state index contributed by atoms with van der Waals surface area (Å²) in [6.45, 7) is 1.32. The molecular formula is C25H42F2N6O2. The predicted molar refractivity (Wildman–Crippen MR) is 130 cm³/mol. The van der Waals surface area contributed by atoms with Gasteiger partial charge in [0, 0.05) is 63.4 Å². The van der Waals surface area contributed by atoms with E-state index in [1.54, 1.807) is 4.90 Å². The van der Waals surface area contributed by atoms with Crippen LogP contribution in [0.1, 0.15) is 70.6 Å². The van der Waals surface area contributed by atoms with Crippen molar-refractivity contribution < 1.29 is 18.4 Å². The molecule has 2 amide bonds. The number of nitrogens with one attached hydrogen (secondary N) is 2. The van der Waals surface area contributed by atoms with E-state index >= 15 is 0 Å². The van der Waals surface area contributed by atoms with Crippen LogP contribution in [0.25, 0.3) is 0 Å². The molecule has 4 fully saturated rings. The summed E-state index contributed by atoms with van der Waals surface area (Å²) in [7, 11) is 0. The fourth-order valence-electron chi connectivity index (χ4n) is 6.91. The van der Waals surface area contributed by atoms with Gasteiger partial charge >= 0.3 is 0 Å². The van der Waals surface area contributed by atoms with Gasteiger partial charge in [0.2, 0.25) is 11.8 Å². The molecule has 6 N–H and O–H groups in total. The summed E-state index contributed by atoms with van der Waals surface area (Å²) in [5.74, 6) is -1.73. The zero-order valence-electron chi connectivity index (χ0n) is 20.7. The van der Waals surface area contributed by atoms with E-state index in [-0.39, 0.29) is 67.6 Å². The lowest BCUT2D eigenvalue weighted by Crippen LogP contribution is -2.53. The molecule has 4 rings (SSSR count). The molecule has 6 unspecified atom stereocenters. The van der Waals surface area contributed by atoms with E-state index in [0.29, 0.717) is 24.8 Å². The van der Waals surface area contributed by atoms with Crippen LogP contribution in [0, 0.1) is 23.2 Å². The van der Waals surface area contributed by atoms with Crippen molar-refractivity contribution in [1.29, 1.82) is 5.41 Å². The second kappa shape index (κ2) is 11.1. The number of hydrogen-bond acceptors (Lipinski definition) is 5. The first kappa shape index (κ1) is 26.3. The lowest BCUT2D eigenvalue weighted by molar-refractivity contribution is -0.142. The van der Waals surface area contributed by atoms with Gasteiger partial charge < -0.3 is 21.7 Å². The fraction of sp³-hybridized carbons (Fsp3) is 0.880. The van der Waals surface area contributed by atoms with E-state index < -0.39 is 5.92 Å². The molecule has 8 nitrogen and oxygen atoms in total. The molecule has 0 bridgehead atoms. The average molecular weight is 497 g/mol. The lowest BCUT2D eigenvalue weighted by atomic mass is 9.77. The van der Waals surface area contributed by atoms with E-state index in [2.05, 4.69) is 10.2 Å². The highest BCUT2D eigenvalue weighted by Crippen LogP contribution is 2.44. The Bertz CT molecular complexity index is 786. The standard InChI is InChI=1S/C25H42F2N6O2/c26-25(27)7-10-32(11-8-25)24(35)21-13-17-4-5-18(23(29)30)14-20(17)33(21)15-16-2-1-3-19(12-16)31-22(34)6-9-28/h16-21H,1-15,28H2,(H3,29,30)(H,31,34). The van der Waals surface area contributed by atoms with Crippen LogP contribution in [-0.4, -0.2) is 77.7 Å². The van der Waals surface area contributed by atoms with Gasteiger partial charge in [-0.25, -0.2) is 8.78 Å². The molecular weight excluding hydrogens is 454 g/mol. The Morgan fingerprint density at radius 1 is 1.06 bits per heavy atom. The zero-order valence-corrected chi connectivity index (χ0v) is 20.7. The molecule has 2 aliphatic carbocycles. The number of nitrogens with two attached hydrogens (primary N) is 2. The van der Waals surface area contributed by atoms with Crippen LogP contribution in [0.4, 0.5) is 8.78 Å². The first-order chi connectivity index (χ1) is 16.7. The van der Waals surface area contributed by atoms with Crippen molar-refractivity contribution in [3.8, 4) is 0 Å². The Hall–Kier alpha value is -1.81. The van der Waals surface area contributed by atoms with Crippen LogP contribution in [0.2, 0.25) is 0 Å². The fourth-order valence-corrected chi connectivity index (χ4v) is 6.91. The second-order valence-electron chi connectivity index (χ2n) is 11.3. The normalized spacial score (nSPS) is 35.3. The molecule has 2 aliphatic heterocycles. The number of likely N-dealkylation sites (tertiary alicyclic amines) is 2.